The number of hydrogen-bond acceptors (Lipinski definition) is 3. The molecule has 0 spiro atoms. The Hall–Kier alpha value is -0.700. The molecule has 0 amide bonds. The topological polar surface area (TPSA) is 30.0 Å². The zero-order chi connectivity index (χ0) is 9.80. The van der Waals surface area contributed by atoms with Gasteiger partial charge in [-0.15, -0.1) is 11.3 Å². The van der Waals surface area contributed by atoms with E-state index < -0.39 is 0 Å². The van der Waals surface area contributed by atoms with Crippen molar-refractivity contribution in [3.05, 3.63) is 16.1 Å². The number of aldehydes is 1. The molecule has 0 radical (unpaired) electrons. The molecule has 2 rings (SSSR count). The maximum atomic E-state index is 10.5. The molecule has 1 heterocycles. The van der Waals surface area contributed by atoms with Crippen molar-refractivity contribution in [2.45, 2.75) is 44.4 Å². The minimum Gasteiger partial charge on any atom is -0.295 e. The van der Waals surface area contributed by atoms with Crippen molar-refractivity contribution in [1.29, 1.82) is 0 Å². The monoisotopic (exact) mass is 209 g/mol. The van der Waals surface area contributed by atoms with Crippen LogP contribution in [-0.4, -0.2) is 11.3 Å². The second-order valence-corrected chi connectivity index (χ2v) is 4.81. The molecule has 1 aliphatic rings. The van der Waals surface area contributed by atoms with Gasteiger partial charge in [-0.1, -0.05) is 25.7 Å². The Kier molecular flexibility index (Phi) is 3.30. The molecule has 0 N–H and O–H groups in total. The summed E-state index contributed by atoms with van der Waals surface area (Å²) in [5.74, 6) is 0.613. The molecule has 2 nitrogen and oxygen atoms in total. The fourth-order valence-corrected chi connectivity index (χ4v) is 2.82. The Bertz CT molecular complexity index is 300. The number of nitrogens with zero attached hydrogens (tertiary/aromatic N) is 1. The number of carbonyl (C=O) groups is 1. The van der Waals surface area contributed by atoms with Crippen LogP contribution in [-0.2, 0) is 0 Å². The van der Waals surface area contributed by atoms with Gasteiger partial charge < -0.3 is 0 Å². The molecule has 1 aromatic heterocycles. The number of rotatable bonds is 2. The molecular weight excluding hydrogens is 194 g/mol. The summed E-state index contributed by atoms with van der Waals surface area (Å²) in [6.07, 6.45) is 8.72. The molecule has 0 saturated heterocycles. The summed E-state index contributed by atoms with van der Waals surface area (Å²) in [5, 5.41) is 2.68. The zero-order valence-corrected chi connectivity index (χ0v) is 9.05. The first-order valence-corrected chi connectivity index (χ1v) is 6.18. The van der Waals surface area contributed by atoms with Gasteiger partial charge in [-0.25, -0.2) is 4.98 Å². The van der Waals surface area contributed by atoms with Gasteiger partial charge in [-0.05, 0) is 12.8 Å². The second kappa shape index (κ2) is 4.69. The third-order valence-corrected chi connectivity index (χ3v) is 3.70. The summed E-state index contributed by atoms with van der Waals surface area (Å²) in [6.45, 7) is 0. The molecule has 1 saturated carbocycles. The third kappa shape index (κ3) is 2.21. The predicted octanol–water partition coefficient (Wildman–Crippen LogP) is 3.39. The van der Waals surface area contributed by atoms with Crippen LogP contribution in [0, 0.1) is 0 Å². The van der Waals surface area contributed by atoms with E-state index in [0.29, 0.717) is 10.9 Å². The smallest absolute Gasteiger partial charge is 0.178 e. The fraction of sp³-hybridized carbons (Fsp3) is 0.636. The number of hydrogen-bond donors (Lipinski definition) is 0. The van der Waals surface area contributed by atoms with Gasteiger partial charge in [0, 0.05) is 11.3 Å². The highest BCUT2D eigenvalue weighted by Crippen LogP contribution is 2.31. The first-order valence-electron chi connectivity index (χ1n) is 5.31. The summed E-state index contributed by atoms with van der Waals surface area (Å²) in [6, 6.07) is 0. The highest BCUT2D eigenvalue weighted by Gasteiger charge is 2.16. The summed E-state index contributed by atoms with van der Waals surface area (Å²) in [4.78, 5) is 14.9. The average molecular weight is 209 g/mol. The van der Waals surface area contributed by atoms with E-state index in [-0.39, 0.29) is 0 Å². The fourth-order valence-electron chi connectivity index (χ4n) is 2.12. The minimum absolute atomic E-state index is 0.613. The normalized spacial score (nSPS) is 19.1. The molecule has 3 heteroatoms. The zero-order valence-electron chi connectivity index (χ0n) is 8.24. The van der Waals surface area contributed by atoms with Crippen molar-refractivity contribution in [2.24, 2.45) is 0 Å². The highest BCUT2D eigenvalue weighted by atomic mass is 32.1. The molecule has 1 aliphatic carbocycles. The van der Waals surface area contributed by atoms with Crippen LogP contribution in [0.25, 0.3) is 0 Å². The summed E-state index contributed by atoms with van der Waals surface area (Å²) >= 11 is 1.47. The molecule has 0 bridgehead atoms. The number of thiazole rings is 1. The predicted molar refractivity (Wildman–Crippen MR) is 57.9 cm³/mol. The first-order chi connectivity index (χ1) is 6.90. The van der Waals surface area contributed by atoms with Crippen molar-refractivity contribution in [3.63, 3.8) is 0 Å². The van der Waals surface area contributed by atoms with Gasteiger partial charge in [-0.2, -0.15) is 0 Å². The largest absolute Gasteiger partial charge is 0.295 e. The number of aromatic nitrogens is 1. The van der Waals surface area contributed by atoms with Crippen molar-refractivity contribution < 1.29 is 4.79 Å². The van der Waals surface area contributed by atoms with Crippen LogP contribution >= 0.6 is 11.3 Å². The molecular formula is C11H15NOS. The second-order valence-electron chi connectivity index (χ2n) is 3.92. The van der Waals surface area contributed by atoms with E-state index in [2.05, 4.69) is 10.4 Å². The van der Waals surface area contributed by atoms with E-state index in [4.69, 9.17) is 0 Å². The van der Waals surface area contributed by atoms with Crippen LogP contribution in [0.5, 0.6) is 0 Å². The molecule has 1 fully saturated rings. The van der Waals surface area contributed by atoms with Crippen LogP contribution in [0.15, 0.2) is 5.38 Å². The molecule has 14 heavy (non-hydrogen) atoms. The summed E-state index contributed by atoms with van der Waals surface area (Å²) in [5.41, 5.74) is 1.15. The van der Waals surface area contributed by atoms with E-state index in [1.165, 1.54) is 49.9 Å². The molecule has 0 atom stereocenters. The molecule has 0 unspecified atom stereocenters. The molecule has 0 aromatic carbocycles. The van der Waals surface area contributed by atoms with E-state index in [9.17, 15) is 4.79 Å². The van der Waals surface area contributed by atoms with Gasteiger partial charge in [0.15, 0.2) is 11.3 Å². The maximum Gasteiger partial charge on any atom is 0.178 e. The Balaban J connectivity index is 2.08. The van der Waals surface area contributed by atoms with Crippen molar-refractivity contribution in [3.8, 4) is 0 Å². The molecule has 76 valence electrons. The van der Waals surface area contributed by atoms with Gasteiger partial charge in [0.05, 0.1) is 5.69 Å². The van der Waals surface area contributed by atoms with Crippen LogP contribution in [0.1, 0.15) is 59.9 Å². The summed E-state index contributed by atoms with van der Waals surface area (Å²) in [7, 11) is 0. The maximum absolute atomic E-state index is 10.5. The van der Waals surface area contributed by atoms with Crippen molar-refractivity contribution in [1.82, 2.24) is 4.98 Å². The molecule has 1 aromatic rings. The Morgan fingerprint density at radius 2 is 2.00 bits per heavy atom. The lowest BCUT2D eigenvalue weighted by molar-refractivity contribution is 0.112. The van der Waals surface area contributed by atoms with Gasteiger partial charge in [0.2, 0.25) is 0 Å². The quantitative estimate of drug-likeness (QED) is 0.552. The van der Waals surface area contributed by atoms with Gasteiger partial charge >= 0.3 is 0 Å². The lowest BCUT2D eigenvalue weighted by atomic mass is 9.98. The highest BCUT2D eigenvalue weighted by molar-refractivity contribution is 7.11. The lowest BCUT2D eigenvalue weighted by Gasteiger charge is -2.09. The first kappa shape index (κ1) is 9.84. The van der Waals surface area contributed by atoms with Crippen LogP contribution in [0.2, 0.25) is 0 Å². The average Bonchev–Trinajstić information content (AvgIpc) is 2.53. The van der Waals surface area contributed by atoms with E-state index >= 15 is 0 Å². The van der Waals surface area contributed by atoms with Crippen LogP contribution in [0.3, 0.4) is 0 Å². The standard InChI is InChI=1S/C11H15NOS/c13-7-11-12-10(8-14-11)9-5-3-1-2-4-6-9/h7-9H,1-6H2. The SMILES string of the molecule is O=Cc1nc(C2CCCCCC2)cs1. The van der Waals surface area contributed by atoms with Gasteiger partial charge in [0.25, 0.3) is 0 Å². The Morgan fingerprint density at radius 1 is 1.29 bits per heavy atom. The summed E-state index contributed by atoms with van der Waals surface area (Å²) < 4.78 is 0. The van der Waals surface area contributed by atoms with Gasteiger partial charge in [0.1, 0.15) is 0 Å². The number of carbonyl (C=O) groups excluding carboxylic acids is 1. The Labute approximate surface area is 88.4 Å². The van der Waals surface area contributed by atoms with Crippen molar-refractivity contribution >= 4 is 17.6 Å². The third-order valence-electron chi connectivity index (χ3n) is 2.91. The minimum atomic E-state index is 0.613. The van der Waals surface area contributed by atoms with Crippen LogP contribution < -0.4 is 0 Å². The molecule has 0 aliphatic heterocycles. The van der Waals surface area contributed by atoms with Crippen LogP contribution in [0.4, 0.5) is 0 Å². The lowest BCUT2D eigenvalue weighted by Crippen LogP contribution is -1.97. The van der Waals surface area contributed by atoms with E-state index in [1.54, 1.807) is 0 Å². The van der Waals surface area contributed by atoms with Crippen molar-refractivity contribution in [2.75, 3.05) is 0 Å². The van der Waals surface area contributed by atoms with E-state index in [0.717, 1.165) is 12.0 Å². The van der Waals surface area contributed by atoms with E-state index in [1.807, 2.05) is 0 Å². The Morgan fingerprint density at radius 3 is 2.57 bits per heavy atom. The van der Waals surface area contributed by atoms with Gasteiger partial charge in [-0.3, -0.25) is 4.79 Å².